The van der Waals surface area contributed by atoms with Crippen LogP contribution in [0.25, 0.3) is 17.1 Å². The van der Waals surface area contributed by atoms with E-state index < -0.39 is 23.1 Å². The van der Waals surface area contributed by atoms with Crippen molar-refractivity contribution in [3.05, 3.63) is 102 Å². The number of nitrogens with zero attached hydrogens (tertiary/aromatic N) is 5. The van der Waals surface area contributed by atoms with Gasteiger partial charge in [-0.3, -0.25) is 14.3 Å². The van der Waals surface area contributed by atoms with Gasteiger partial charge in [-0.1, -0.05) is 54.2 Å². The van der Waals surface area contributed by atoms with E-state index in [1.54, 1.807) is 48.8 Å². The van der Waals surface area contributed by atoms with Gasteiger partial charge in [-0.15, -0.1) is 10.2 Å². The van der Waals surface area contributed by atoms with Gasteiger partial charge in [0.25, 0.3) is 5.91 Å². The summed E-state index contributed by atoms with van der Waals surface area (Å²) >= 11 is 1.01. The minimum Gasteiger partial charge on any atom is -0.510 e. The Bertz CT molecular complexity index is 1400. The Labute approximate surface area is 204 Å². The Morgan fingerprint density at radius 2 is 1.86 bits per heavy atom. The molecule has 2 aromatic heterocycles. The monoisotopic (exact) mass is 486 g/mol. The molecule has 0 fully saturated rings. The molecule has 4 rings (SSSR count). The van der Waals surface area contributed by atoms with Crippen molar-refractivity contribution in [1.82, 2.24) is 25.1 Å². The third-order valence-corrected chi connectivity index (χ3v) is 5.85. The lowest BCUT2D eigenvalue weighted by Crippen LogP contribution is -2.25. The highest BCUT2D eigenvalue weighted by atomic mass is 32.2. The van der Waals surface area contributed by atoms with Crippen molar-refractivity contribution >= 4 is 17.7 Å². The summed E-state index contributed by atoms with van der Waals surface area (Å²) in [5.41, 5.74) is 1.28. The van der Waals surface area contributed by atoms with Gasteiger partial charge in [-0.25, -0.2) is 4.39 Å². The Balaban J connectivity index is 1.58. The zero-order valence-corrected chi connectivity index (χ0v) is 19.1. The molecule has 35 heavy (non-hydrogen) atoms. The van der Waals surface area contributed by atoms with Crippen LogP contribution in [-0.2, 0) is 11.3 Å². The fraction of sp³-hybridized carbons (Fsp3) is 0.0800. The zero-order chi connectivity index (χ0) is 24.6. The molecule has 2 N–H and O–H groups in total. The van der Waals surface area contributed by atoms with Gasteiger partial charge in [-0.2, -0.15) is 5.26 Å². The smallest absolute Gasteiger partial charge is 0.265 e. The first kappa shape index (κ1) is 23.7. The number of para-hydroxylation sites is 1. The third-order valence-electron chi connectivity index (χ3n) is 4.91. The van der Waals surface area contributed by atoms with E-state index in [0.717, 1.165) is 17.3 Å². The Morgan fingerprint density at radius 1 is 1.09 bits per heavy atom. The number of halogens is 1. The van der Waals surface area contributed by atoms with E-state index in [2.05, 4.69) is 20.5 Å². The number of carbonyl (C=O) groups is 1. The van der Waals surface area contributed by atoms with Crippen molar-refractivity contribution in [3.8, 4) is 23.1 Å². The number of nitriles is 1. The Kier molecular flexibility index (Phi) is 7.50. The molecule has 0 saturated carbocycles. The van der Waals surface area contributed by atoms with Crippen molar-refractivity contribution in [2.24, 2.45) is 0 Å². The lowest BCUT2D eigenvalue weighted by atomic mass is 10.2. The molecule has 2 heterocycles. The van der Waals surface area contributed by atoms with Gasteiger partial charge in [0.2, 0.25) is 0 Å². The van der Waals surface area contributed by atoms with Crippen LogP contribution in [0, 0.1) is 17.1 Å². The maximum absolute atomic E-state index is 14.7. The molecule has 1 amide bonds. The quantitative estimate of drug-likeness (QED) is 0.166. The molecule has 0 bridgehead atoms. The predicted octanol–water partition coefficient (Wildman–Crippen LogP) is 4.21. The maximum atomic E-state index is 14.7. The fourth-order valence-corrected chi connectivity index (χ4v) is 4.04. The number of hydrogen-bond donors (Lipinski definition) is 2. The number of rotatable bonds is 8. The van der Waals surface area contributed by atoms with Crippen LogP contribution in [0.15, 0.2) is 95.6 Å². The minimum atomic E-state index is -0.693. The van der Waals surface area contributed by atoms with Gasteiger partial charge in [0.05, 0.1) is 11.4 Å². The molecular formula is C25H19FN6O2S. The van der Waals surface area contributed by atoms with E-state index in [-0.39, 0.29) is 23.1 Å². The Morgan fingerprint density at radius 3 is 2.57 bits per heavy atom. The average Bonchev–Trinajstić information content (AvgIpc) is 3.32. The second-order valence-electron chi connectivity index (χ2n) is 7.23. The SMILES string of the molecule is N#C/C(C(=O)NCc1ccccc1)=C(/O)CSc1nnc(-c2cccnc2)n1-c1ccccc1F. The molecule has 2 aromatic carbocycles. The molecule has 4 aromatic rings. The van der Waals surface area contributed by atoms with Crippen molar-refractivity contribution in [3.63, 3.8) is 0 Å². The standard InChI is InChI=1S/C25H19FN6O2S/c26-20-10-4-5-11-21(20)32-23(18-9-6-12-28-15-18)30-31-25(32)35-16-22(33)19(13-27)24(34)29-14-17-7-2-1-3-8-17/h1-12,15,33H,14,16H2,(H,29,34)/b22-19-. The topological polar surface area (TPSA) is 117 Å². The first-order valence-electron chi connectivity index (χ1n) is 10.5. The lowest BCUT2D eigenvalue weighted by Gasteiger charge is -2.11. The predicted molar refractivity (Wildman–Crippen MR) is 129 cm³/mol. The number of aliphatic hydroxyl groups excluding tert-OH is 1. The highest BCUT2D eigenvalue weighted by molar-refractivity contribution is 7.99. The lowest BCUT2D eigenvalue weighted by molar-refractivity contribution is -0.117. The number of benzene rings is 2. The van der Waals surface area contributed by atoms with E-state index in [1.807, 2.05) is 30.3 Å². The van der Waals surface area contributed by atoms with Crippen molar-refractivity contribution < 1.29 is 14.3 Å². The van der Waals surface area contributed by atoms with E-state index in [0.29, 0.717) is 11.4 Å². The first-order valence-corrected chi connectivity index (χ1v) is 11.4. The average molecular weight is 487 g/mol. The molecule has 0 spiro atoms. The van der Waals surface area contributed by atoms with Crippen molar-refractivity contribution in [2.75, 3.05) is 5.75 Å². The van der Waals surface area contributed by atoms with Crippen LogP contribution in [0.5, 0.6) is 0 Å². The second kappa shape index (κ2) is 11.1. The van der Waals surface area contributed by atoms with Gasteiger partial charge in [-0.05, 0) is 29.8 Å². The Hall–Kier alpha value is -4.49. The molecule has 8 nitrogen and oxygen atoms in total. The van der Waals surface area contributed by atoms with Crippen LogP contribution in [0.4, 0.5) is 4.39 Å². The molecule has 0 unspecified atom stereocenters. The summed E-state index contributed by atoms with van der Waals surface area (Å²) in [6.45, 7) is 0.210. The number of nitrogens with one attached hydrogen (secondary N) is 1. The molecule has 0 saturated heterocycles. The molecule has 10 heteroatoms. The molecular weight excluding hydrogens is 467 g/mol. The largest absolute Gasteiger partial charge is 0.510 e. The zero-order valence-electron chi connectivity index (χ0n) is 18.3. The summed E-state index contributed by atoms with van der Waals surface area (Å²) in [6, 6.07) is 20.6. The van der Waals surface area contributed by atoms with E-state index >= 15 is 0 Å². The highest BCUT2D eigenvalue weighted by Crippen LogP contribution is 2.29. The molecule has 0 aliphatic carbocycles. The number of pyridine rings is 1. The molecule has 0 atom stereocenters. The van der Waals surface area contributed by atoms with Gasteiger partial charge in [0.15, 0.2) is 16.6 Å². The first-order chi connectivity index (χ1) is 17.1. The number of aromatic nitrogens is 4. The normalized spacial score (nSPS) is 11.4. The summed E-state index contributed by atoms with van der Waals surface area (Å²) in [7, 11) is 0. The molecule has 0 aliphatic heterocycles. The van der Waals surface area contributed by atoms with E-state index in [9.17, 15) is 19.6 Å². The summed E-state index contributed by atoms with van der Waals surface area (Å²) in [5.74, 6) is -1.40. The van der Waals surface area contributed by atoms with Crippen LogP contribution in [0.2, 0.25) is 0 Å². The fourth-order valence-electron chi connectivity index (χ4n) is 3.21. The van der Waals surface area contributed by atoms with E-state index in [4.69, 9.17) is 0 Å². The summed E-state index contributed by atoms with van der Waals surface area (Å²) < 4.78 is 16.2. The number of aliphatic hydroxyl groups is 1. The number of hydrogen-bond acceptors (Lipinski definition) is 7. The van der Waals surface area contributed by atoms with Gasteiger partial charge in [0.1, 0.15) is 17.6 Å². The van der Waals surface area contributed by atoms with Gasteiger partial charge >= 0.3 is 0 Å². The van der Waals surface area contributed by atoms with Crippen molar-refractivity contribution in [2.45, 2.75) is 11.7 Å². The number of thioether (sulfide) groups is 1. The minimum absolute atomic E-state index is 0.152. The maximum Gasteiger partial charge on any atom is 0.265 e. The van der Waals surface area contributed by atoms with Crippen LogP contribution < -0.4 is 5.32 Å². The van der Waals surface area contributed by atoms with Crippen LogP contribution >= 0.6 is 11.8 Å². The highest BCUT2D eigenvalue weighted by Gasteiger charge is 2.21. The third kappa shape index (κ3) is 5.54. The summed E-state index contributed by atoms with van der Waals surface area (Å²) in [4.78, 5) is 16.6. The van der Waals surface area contributed by atoms with Crippen LogP contribution in [0.1, 0.15) is 5.56 Å². The second-order valence-corrected chi connectivity index (χ2v) is 8.17. The molecule has 0 aliphatic rings. The van der Waals surface area contributed by atoms with Gasteiger partial charge < -0.3 is 10.4 Å². The van der Waals surface area contributed by atoms with E-state index in [1.165, 1.54) is 10.6 Å². The number of amides is 1. The molecule has 0 radical (unpaired) electrons. The number of carbonyl (C=O) groups excluding carboxylic acids is 1. The van der Waals surface area contributed by atoms with Gasteiger partial charge in [0, 0.05) is 24.5 Å². The van der Waals surface area contributed by atoms with Crippen LogP contribution in [0.3, 0.4) is 0 Å². The summed E-state index contributed by atoms with van der Waals surface area (Å²) in [6.07, 6.45) is 3.19. The molecule has 174 valence electrons. The van der Waals surface area contributed by atoms with Crippen molar-refractivity contribution in [1.29, 1.82) is 5.26 Å². The summed E-state index contributed by atoms with van der Waals surface area (Å²) in [5, 5.41) is 31.2. The van der Waals surface area contributed by atoms with Crippen LogP contribution in [-0.4, -0.2) is 36.5 Å².